The van der Waals surface area contributed by atoms with Crippen LogP contribution in [0.4, 0.5) is 0 Å². The van der Waals surface area contributed by atoms with Crippen molar-refractivity contribution in [3.05, 3.63) is 55.1 Å². The van der Waals surface area contributed by atoms with Gasteiger partial charge < -0.3 is 5.32 Å². The van der Waals surface area contributed by atoms with Crippen molar-refractivity contribution in [3.8, 4) is 0 Å². The van der Waals surface area contributed by atoms with Gasteiger partial charge in [0.15, 0.2) is 0 Å². The lowest BCUT2D eigenvalue weighted by Crippen LogP contribution is -2.28. The van der Waals surface area contributed by atoms with Gasteiger partial charge in [0.25, 0.3) is 5.91 Å². The Morgan fingerprint density at radius 3 is 2.53 bits per heavy atom. The summed E-state index contributed by atoms with van der Waals surface area (Å²) >= 11 is 14.1. The molecule has 2 nitrogen and oxygen atoms in total. The van der Waals surface area contributed by atoms with Crippen LogP contribution in [0.3, 0.4) is 0 Å². The molecule has 0 fully saturated rings. The number of benzene rings is 1. The van der Waals surface area contributed by atoms with E-state index in [1.165, 1.54) is 11.3 Å². The highest BCUT2D eigenvalue weighted by molar-refractivity contribution is 9.13. The van der Waals surface area contributed by atoms with E-state index < -0.39 is 0 Å². The molecule has 1 atom stereocenters. The molecule has 0 aliphatic heterocycles. The summed E-state index contributed by atoms with van der Waals surface area (Å²) in [6.07, 6.45) is 0. The monoisotopic (exact) mass is 421 g/mol. The zero-order valence-corrected chi connectivity index (χ0v) is 14.4. The highest BCUT2D eigenvalue weighted by Gasteiger charge is 2.17. The molecule has 0 saturated carbocycles. The summed E-state index contributed by atoms with van der Waals surface area (Å²) in [7, 11) is 0. The molecule has 0 bridgehead atoms. The fraction of sp³-hybridized carbons (Fsp3) is 0.154. The first-order valence-corrected chi connectivity index (χ1v) is 8.42. The third-order valence-electron chi connectivity index (χ3n) is 2.53. The lowest BCUT2D eigenvalue weighted by molar-refractivity contribution is 0.0944. The van der Waals surface area contributed by atoms with E-state index in [0.717, 1.165) is 13.8 Å². The minimum atomic E-state index is -0.185. The number of halogens is 3. The van der Waals surface area contributed by atoms with Crippen LogP contribution in [-0.4, -0.2) is 11.8 Å². The Labute approximate surface area is 137 Å². The summed E-state index contributed by atoms with van der Waals surface area (Å²) in [4.78, 5) is 12.8. The Kier molecular flexibility index (Phi) is 5.45. The minimum Gasteiger partial charge on any atom is -0.343 e. The number of rotatable bonds is 4. The molecule has 1 unspecified atom stereocenters. The van der Waals surface area contributed by atoms with Crippen LogP contribution in [0.15, 0.2) is 44.7 Å². The van der Waals surface area contributed by atoms with Crippen LogP contribution in [0.25, 0.3) is 0 Å². The van der Waals surface area contributed by atoms with E-state index in [9.17, 15) is 4.79 Å². The van der Waals surface area contributed by atoms with Gasteiger partial charge in [-0.25, -0.2) is 0 Å². The van der Waals surface area contributed by atoms with Crippen LogP contribution < -0.4 is 5.32 Å². The van der Waals surface area contributed by atoms with E-state index in [4.69, 9.17) is 11.6 Å². The first-order chi connectivity index (χ1) is 9.11. The fourth-order valence-corrected chi connectivity index (χ4v) is 3.78. The van der Waals surface area contributed by atoms with E-state index in [0.29, 0.717) is 10.8 Å². The Morgan fingerprint density at radius 2 is 2.00 bits per heavy atom. The van der Waals surface area contributed by atoms with Crippen LogP contribution in [0.2, 0.25) is 0 Å². The Hall–Kier alpha value is -0.360. The summed E-state index contributed by atoms with van der Waals surface area (Å²) in [5.41, 5.74) is 1.00. The molecule has 100 valence electrons. The highest BCUT2D eigenvalue weighted by atomic mass is 79.9. The van der Waals surface area contributed by atoms with E-state index in [1.807, 2.05) is 30.3 Å². The molecule has 1 aromatic heterocycles. The highest BCUT2D eigenvalue weighted by Crippen LogP contribution is 2.32. The first-order valence-electron chi connectivity index (χ1n) is 5.48. The Balaban J connectivity index is 2.13. The predicted octanol–water partition coefficient (Wildman–Crippen LogP) is 4.98. The third kappa shape index (κ3) is 3.81. The van der Waals surface area contributed by atoms with Gasteiger partial charge in [-0.05, 0) is 43.5 Å². The van der Waals surface area contributed by atoms with Crippen molar-refractivity contribution >= 4 is 60.7 Å². The molecule has 19 heavy (non-hydrogen) atoms. The summed E-state index contributed by atoms with van der Waals surface area (Å²) < 4.78 is 1.78. The van der Waals surface area contributed by atoms with Gasteiger partial charge in [0.1, 0.15) is 0 Å². The van der Waals surface area contributed by atoms with Crippen LogP contribution in [0.5, 0.6) is 0 Å². The summed E-state index contributed by atoms with van der Waals surface area (Å²) in [5, 5.41) is 2.94. The molecule has 0 radical (unpaired) electrons. The van der Waals surface area contributed by atoms with Gasteiger partial charge in [-0.1, -0.05) is 30.3 Å². The van der Waals surface area contributed by atoms with Crippen molar-refractivity contribution in [3.63, 3.8) is 0 Å². The Morgan fingerprint density at radius 1 is 1.32 bits per heavy atom. The molecule has 2 aromatic rings. The van der Waals surface area contributed by atoms with Crippen molar-refractivity contribution in [2.24, 2.45) is 0 Å². The standard InChI is InChI=1S/C13H10Br2ClNOS/c14-9-6-11(19-12(9)15)13(18)17-10(7-16)8-4-2-1-3-5-8/h1-6,10H,7H2,(H,17,18). The number of nitrogens with one attached hydrogen (secondary N) is 1. The van der Waals surface area contributed by atoms with Gasteiger partial charge in [-0.3, -0.25) is 4.79 Å². The second-order valence-corrected chi connectivity index (χ2v) is 7.36. The molecule has 1 N–H and O–H groups in total. The SMILES string of the molecule is O=C(NC(CCl)c1ccccc1)c1cc(Br)c(Br)s1. The van der Waals surface area contributed by atoms with Gasteiger partial charge in [-0.2, -0.15) is 0 Å². The first kappa shape index (κ1) is 15.0. The third-order valence-corrected chi connectivity index (χ3v) is 6.09. The van der Waals surface area contributed by atoms with Gasteiger partial charge in [-0.15, -0.1) is 22.9 Å². The second kappa shape index (κ2) is 6.88. The molecular weight excluding hydrogens is 413 g/mol. The average molecular weight is 424 g/mol. The molecule has 1 amide bonds. The van der Waals surface area contributed by atoms with Crippen molar-refractivity contribution in [1.82, 2.24) is 5.32 Å². The normalized spacial score (nSPS) is 12.2. The van der Waals surface area contributed by atoms with Crippen LogP contribution >= 0.6 is 54.8 Å². The van der Waals surface area contributed by atoms with Gasteiger partial charge in [0.2, 0.25) is 0 Å². The summed E-state index contributed by atoms with van der Waals surface area (Å²) in [6.45, 7) is 0. The van der Waals surface area contributed by atoms with E-state index >= 15 is 0 Å². The molecular formula is C13H10Br2ClNOS. The topological polar surface area (TPSA) is 29.1 Å². The van der Waals surface area contributed by atoms with E-state index in [2.05, 4.69) is 37.2 Å². The van der Waals surface area contributed by atoms with Crippen molar-refractivity contribution in [2.45, 2.75) is 6.04 Å². The molecule has 6 heteroatoms. The van der Waals surface area contributed by atoms with E-state index in [-0.39, 0.29) is 11.9 Å². The quantitative estimate of drug-likeness (QED) is 0.690. The predicted molar refractivity (Wildman–Crippen MR) is 87.1 cm³/mol. The number of carbonyl (C=O) groups excluding carboxylic acids is 1. The van der Waals surface area contributed by atoms with Gasteiger partial charge in [0, 0.05) is 10.4 Å². The maximum absolute atomic E-state index is 12.2. The molecule has 0 spiro atoms. The maximum atomic E-state index is 12.2. The fourth-order valence-electron chi connectivity index (χ4n) is 1.58. The zero-order valence-electron chi connectivity index (χ0n) is 9.70. The van der Waals surface area contributed by atoms with E-state index in [1.54, 1.807) is 6.07 Å². The van der Waals surface area contributed by atoms with Gasteiger partial charge >= 0.3 is 0 Å². The number of amides is 1. The average Bonchev–Trinajstić information content (AvgIpc) is 2.77. The van der Waals surface area contributed by atoms with Crippen LogP contribution in [0, 0.1) is 0 Å². The molecule has 0 aliphatic rings. The largest absolute Gasteiger partial charge is 0.343 e. The second-order valence-electron chi connectivity index (χ2n) is 3.82. The smallest absolute Gasteiger partial charge is 0.261 e. The molecule has 2 rings (SSSR count). The number of alkyl halides is 1. The van der Waals surface area contributed by atoms with Crippen LogP contribution in [-0.2, 0) is 0 Å². The Bertz CT molecular complexity index is 554. The number of thiophene rings is 1. The van der Waals surface area contributed by atoms with Crippen molar-refractivity contribution < 1.29 is 4.79 Å². The lowest BCUT2D eigenvalue weighted by atomic mass is 10.1. The lowest BCUT2D eigenvalue weighted by Gasteiger charge is -2.15. The minimum absolute atomic E-state index is 0.120. The van der Waals surface area contributed by atoms with Gasteiger partial charge in [0.05, 0.1) is 14.7 Å². The number of hydrogen-bond donors (Lipinski definition) is 1. The summed E-state index contributed by atoms with van der Waals surface area (Å²) in [5.74, 6) is 0.217. The number of hydrogen-bond acceptors (Lipinski definition) is 2. The van der Waals surface area contributed by atoms with Crippen LogP contribution in [0.1, 0.15) is 21.3 Å². The zero-order chi connectivity index (χ0) is 13.8. The number of carbonyl (C=O) groups is 1. The molecule has 1 aromatic carbocycles. The molecule has 0 aliphatic carbocycles. The molecule has 0 saturated heterocycles. The van der Waals surface area contributed by atoms with Crippen molar-refractivity contribution in [2.75, 3.05) is 5.88 Å². The molecule has 1 heterocycles. The van der Waals surface area contributed by atoms with Crippen molar-refractivity contribution in [1.29, 1.82) is 0 Å². The summed E-state index contributed by atoms with van der Waals surface area (Å²) in [6, 6.07) is 11.3. The maximum Gasteiger partial charge on any atom is 0.261 e.